The summed E-state index contributed by atoms with van der Waals surface area (Å²) in [6.07, 6.45) is 1.50. The largest absolute Gasteiger partial charge is 0.349 e. The van der Waals surface area contributed by atoms with E-state index < -0.39 is 15.0 Å². The molecular weight excluding hydrogens is 345 g/mol. The van der Waals surface area contributed by atoms with E-state index in [1.54, 1.807) is 0 Å². The van der Waals surface area contributed by atoms with Crippen LogP contribution in [0.15, 0.2) is 17.0 Å². The summed E-state index contributed by atoms with van der Waals surface area (Å²) in [5, 5.41) is 2.60. The van der Waals surface area contributed by atoms with E-state index in [1.165, 1.54) is 6.07 Å². The normalized spacial score (nSPS) is 11.7. The molecule has 1 aromatic carbocycles. The number of benzene rings is 1. The van der Waals surface area contributed by atoms with Gasteiger partial charge in [-0.1, -0.05) is 37.0 Å². The monoisotopic (exact) mass is 357 g/mol. The fraction of sp³-hybridized carbons (Fsp3) is 0.417. The maximum atomic E-state index is 12.1. The number of carbonyl (C=O) groups is 1. The molecule has 0 aliphatic carbocycles. The highest BCUT2D eigenvalue weighted by molar-refractivity contribution is 8.13. The van der Waals surface area contributed by atoms with Gasteiger partial charge < -0.3 is 5.32 Å². The summed E-state index contributed by atoms with van der Waals surface area (Å²) < 4.78 is 22.8. The topological polar surface area (TPSA) is 63.2 Å². The van der Waals surface area contributed by atoms with Crippen molar-refractivity contribution in [3.8, 4) is 0 Å². The summed E-state index contributed by atoms with van der Waals surface area (Å²) in [5.41, 5.74) is -0.00899. The lowest BCUT2D eigenvalue weighted by molar-refractivity contribution is 0.0935. The molecule has 0 saturated heterocycles. The quantitative estimate of drug-likeness (QED) is 0.813. The number of amides is 1. The van der Waals surface area contributed by atoms with Crippen LogP contribution < -0.4 is 5.32 Å². The van der Waals surface area contributed by atoms with Gasteiger partial charge in [0.2, 0.25) is 0 Å². The highest BCUT2D eigenvalue weighted by atomic mass is 35.7. The molecule has 1 N–H and O–H groups in total. The first-order valence-electron chi connectivity index (χ1n) is 5.95. The van der Waals surface area contributed by atoms with Gasteiger partial charge in [-0.25, -0.2) is 8.42 Å². The third-order valence-corrected chi connectivity index (χ3v) is 4.92. The van der Waals surface area contributed by atoms with Gasteiger partial charge in [-0.15, -0.1) is 0 Å². The van der Waals surface area contributed by atoms with Gasteiger partial charge >= 0.3 is 0 Å². The molecule has 0 spiro atoms. The third-order valence-electron chi connectivity index (χ3n) is 2.83. The van der Waals surface area contributed by atoms with Crippen molar-refractivity contribution in [3.63, 3.8) is 0 Å². The Kier molecular flexibility index (Phi) is 6.13. The van der Waals surface area contributed by atoms with Crippen molar-refractivity contribution >= 4 is 48.8 Å². The van der Waals surface area contributed by atoms with E-state index >= 15 is 0 Å². The molecule has 4 nitrogen and oxygen atoms in total. The first-order chi connectivity index (χ1) is 9.20. The van der Waals surface area contributed by atoms with Crippen LogP contribution in [0.3, 0.4) is 0 Å². The van der Waals surface area contributed by atoms with Crippen molar-refractivity contribution < 1.29 is 13.2 Å². The van der Waals surface area contributed by atoms with E-state index in [0.29, 0.717) is 0 Å². The van der Waals surface area contributed by atoms with E-state index in [2.05, 4.69) is 5.32 Å². The molecule has 112 valence electrons. The molecule has 0 aromatic heterocycles. The van der Waals surface area contributed by atoms with Crippen LogP contribution in [-0.4, -0.2) is 20.4 Å². The number of carbonyl (C=O) groups excluding carboxylic acids is 1. The maximum Gasteiger partial charge on any atom is 0.262 e. The van der Waals surface area contributed by atoms with Crippen molar-refractivity contribution in [2.45, 2.75) is 37.6 Å². The smallest absolute Gasteiger partial charge is 0.262 e. The Morgan fingerprint density at radius 2 is 1.80 bits per heavy atom. The molecule has 0 aliphatic rings. The minimum atomic E-state index is -4.08. The predicted octanol–water partition coefficient (Wildman–Crippen LogP) is 3.84. The van der Waals surface area contributed by atoms with Gasteiger partial charge in [-0.2, -0.15) is 0 Å². The first kappa shape index (κ1) is 17.6. The summed E-state index contributed by atoms with van der Waals surface area (Å²) in [5.74, 6) is -0.479. The zero-order valence-corrected chi connectivity index (χ0v) is 14.0. The minimum Gasteiger partial charge on any atom is -0.349 e. The molecule has 0 aliphatic heterocycles. The Morgan fingerprint density at radius 3 is 2.25 bits per heavy atom. The Balaban J connectivity index is 3.26. The van der Waals surface area contributed by atoms with E-state index in [-0.39, 0.29) is 26.5 Å². The van der Waals surface area contributed by atoms with Gasteiger partial charge in [-0.05, 0) is 25.0 Å². The van der Waals surface area contributed by atoms with Crippen LogP contribution in [0.2, 0.25) is 10.0 Å². The van der Waals surface area contributed by atoms with Crippen LogP contribution in [0.5, 0.6) is 0 Å². The van der Waals surface area contributed by atoms with E-state index in [4.69, 9.17) is 33.9 Å². The van der Waals surface area contributed by atoms with Gasteiger partial charge in [0.15, 0.2) is 0 Å². The summed E-state index contributed by atoms with van der Waals surface area (Å²) in [6.45, 7) is 3.87. The number of nitrogens with one attached hydrogen (secondary N) is 1. The van der Waals surface area contributed by atoms with Gasteiger partial charge in [0.1, 0.15) is 4.90 Å². The fourth-order valence-electron chi connectivity index (χ4n) is 1.66. The second-order valence-corrected chi connectivity index (χ2v) is 7.54. The van der Waals surface area contributed by atoms with Crippen LogP contribution in [0.1, 0.15) is 37.0 Å². The Bertz CT molecular complexity index is 613. The summed E-state index contributed by atoms with van der Waals surface area (Å²) >= 11 is 11.8. The highest BCUT2D eigenvalue weighted by Gasteiger charge is 2.23. The molecule has 1 rings (SSSR count). The van der Waals surface area contributed by atoms with Gasteiger partial charge in [-0.3, -0.25) is 4.79 Å². The molecule has 0 radical (unpaired) electrons. The van der Waals surface area contributed by atoms with Crippen LogP contribution in [0.25, 0.3) is 0 Å². The number of hydrogen-bond donors (Lipinski definition) is 1. The molecule has 20 heavy (non-hydrogen) atoms. The summed E-state index contributed by atoms with van der Waals surface area (Å²) in [4.78, 5) is 11.8. The molecule has 0 unspecified atom stereocenters. The molecule has 8 heteroatoms. The number of rotatable bonds is 5. The standard InChI is InChI=1S/C12H14Cl3NO3S/c1-3-8(4-2)16-12(17)9-5-7(13)6-10(11(9)14)20(15,18)19/h5-6,8H,3-4H2,1-2H3,(H,16,17). The zero-order chi connectivity index (χ0) is 15.5. The third kappa shape index (κ3) is 4.25. The van der Waals surface area contributed by atoms with Crippen LogP contribution in [0, 0.1) is 0 Å². The van der Waals surface area contributed by atoms with E-state index in [0.717, 1.165) is 18.9 Å². The Labute approximate surface area is 132 Å². The average Bonchev–Trinajstić information content (AvgIpc) is 2.36. The lowest BCUT2D eigenvalue weighted by atomic mass is 10.1. The minimum absolute atomic E-state index is 0.00899. The van der Waals surface area contributed by atoms with Gasteiger partial charge in [0.05, 0.1) is 10.6 Å². The van der Waals surface area contributed by atoms with E-state index in [9.17, 15) is 13.2 Å². The molecule has 1 amide bonds. The Hall–Kier alpha value is -0.490. The van der Waals surface area contributed by atoms with Gasteiger partial charge in [0, 0.05) is 21.7 Å². The predicted molar refractivity (Wildman–Crippen MR) is 81.3 cm³/mol. The first-order valence-corrected chi connectivity index (χ1v) is 9.01. The second kappa shape index (κ2) is 6.98. The zero-order valence-electron chi connectivity index (χ0n) is 10.9. The summed E-state index contributed by atoms with van der Waals surface area (Å²) in [7, 11) is 1.19. The fourth-order valence-corrected chi connectivity index (χ4v) is 3.52. The van der Waals surface area contributed by atoms with Crippen LogP contribution in [0.4, 0.5) is 0 Å². The van der Waals surface area contributed by atoms with Crippen molar-refractivity contribution in [3.05, 3.63) is 27.7 Å². The van der Waals surface area contributed by atoms with E-state index in [1.807, 2.05) is 13.8 Å². The van der Waals surface area contributed by atoms with Crippen molar-refractivity contribution in [2.75, 3.05) is 0 Å². The van der Waals surface area contributed by atoms with Crippen molar-refractivity contribution in [2.24, 2.45) is 0 Å². The highest BCUT2D eigenvalue weighted by Crippen LogP contribution is 2.31. The molecule has 0 bridgehead atoms. The average molecular weight is 359 g/mol. The summed E-state index contributed by atoms with van der Waals surface area (Å²) in [6, 6.07) is 2.40. The Morgan fingerprint density at radius 1 is 1.25 bits per heavy atom. The van der Waals surface area contributed by atoms with Crippen LogP contribution in [-0.2, 0) is 9.05 Å². The molecular formula is C12H14Cl3NO3S. The van der Waals surface area contributed by atoms with Crippen molar-refractivity contribution in [1.82, 2.24) is 5.32 Å². The van der Waals surface area contributed by atoms with Crippen LogP contribution >= 0.6 is 33.9 Å². The number of hydrogen-bond acceptors (Lipinski definition) is 3. The molecule has 0 saturated carbocycles. The second-order valence-electron chi connectivity index (χ2n) is 4.19. The lowest BCUT2D eigenvalue weighted by Crippen LogP contribution is -2.34. The maximum absolute atomic E-state index is 12.1. The lowest BCUT2D eigenvalue weighted by Gasteiger charge is -2.16. The van der Waals surface area contributed by atoms with Gasteiger partial charge in [0.25, 0.3) is 15.0 Å². The molecule has 0 heterocycles. The molecule has 0 fully saturated rings. The SMILES string of the molecule is CCC(CC)NC(=O)c1cc(Cl)cc(S(=O)(=O)Cl)c1Cl. The van der Waals surface area contributed by atoms with Crippen molar-refractivity contribution in [1.29, 1.82) is 0 Å². The number of halogens is 3. The molecule has 1 aromatic rings. The molecule has 0 atom stereocenters.